The van der Waals surface area contributed by atoms with Gasteiger partial charge in [-0.1, -0.05) is 61.1 Å². The lowest BCUT2D eigenvalue weighted by Crippen LogP contribution is -1.82. The number of benzene rings is 1. The number of aliphatic hydroxyl groups is 1. The van der Waals surface area contributed by atoms with Crippen LogP contribution >= 0.6 is 0 Å². The van der Waals surface area contributed by atoms with Crippen LogP contribution in [-0.4, -0.2) is 5.11 Å². The Balaban J connectivity index is 0.000000160. The zero-order valence-corrected chi connectivity index (χ0v) is 9.89. The zero-order valence-electron chi connectivity index (χ0n) is 9.89. The van der Waals surface area contributed by atoms with Gasteiger partial charge in [0.2, 0.25) is 0 Å². The average Bonchev–Trinajstić information content (AvgIpc) is 2.41. The Labute approximate surface area is 98.1 Å². The number of allylic oxidation sites excluding steroid dienone is 4. The van der Waals surface area contributed by atoms with E-state index in [1.54, 1.807) is 5.57 Å². The summed E-state index contributed by atoms with van der Waals surface area (Å²) in [5.41, 5.74) is 2.56. The van der Waals surface area contributed by atoms with Crippen LogP contribution in [-0.2, 0) is 6.61 Å². The van der Waals surface area contributed by atoms with Crippen LogP contribution in [0.15, 0.2) is 54.1 Å². The monoisotopic (exact) mass is 216 g/mol. The lowest BCUT2D eigenvalue weighted by atomic mass is 10.0. The molecule has 16 heavy (non-hydrogen) atoms. The van der Waals surface area contributed by atoms with Gasteiger partial charge >= 0.3 is 0 Å². The summed E-state index contributed by atoms with van der Waals surface area (Å²) >= 11 is 0. The van der Waals surface area contributed by atoms with Crippen LogP contribution in [0.4, 0.5) is 0 Å². The van der Waals surface area contributed by atoms with E-state index in [1.165, 1.54) is 12.8 Å². The molecule has 0 radical (unpaired) electrons. The van der Waals surface area contributed by atoms with Crippen molar-refractivity contribution in [1.82, 2.24) is 0 Å². The van der Waals surface area contributed by atoms with Crippen LogP contribution in [0, 0.1) is 0 Å². The first-order chi connectivity index (χ1) is 7.86. The van der Waals surface area contributed by atoms with Gasteiger partial charge < -0.3 is 5.11 Å². The van der Waals surface area contributed by atoms with Gasteiger partial charge in [-0.2, -0.15) is 0 Å². The third kappa shape index (κ3) is 4.94. The van der Waals surface area contributed by atoms with Crippen molar-refractivity contribution in [2.24, 2.45) is 0 Å². The molecule has 0 spiro atoms. The van der Waals surface area contributed by atoms with Crippen LogP contribution in [0.1, 0.15) is 31.7 Å². The van der Waals surface area contributed by atoms with Crippen molar-refractivity contribution in [3.63, 3.8) is 0 Å². The molecule has 0 bridgehead atoms. The van der Waals surface area contributed by atoms with E-state index in [4.69, 9.17) is 5.11 Å². The molecule has 1 heteroatoms. The maximum absolute atomic E-state index is 8.54. The molecule has 1 aromatic carbocycles. The quantitative estimate of drug-likeness (QED) is 0.744. The minimum Gasteiger partial charge on any atom is -0.392 e. The zero-order chi connectivity index (χ0) is 11.6. The fourth-order valence-corrected chi connectivity index (χ4v) is 1.52. The second-order valence-electron chi connectivity index (χ2n) is 3.77. The van der Waals surface area contributed by atoms with Gasteiger partial charge in [0.25, 0.3) is 0 Å². The summed E-state index contributed by atoms with van der Waals surface area (Å²) in [4.78, 5) is 0. The third-order valence-corrected chi connectivity index (χ3v) is 2.57. The Morgan fingerprint density at radius 1 is 1.12 bits per heavy atom. The second kappa shape index (κ2) is 7.89. The summed E-state index contributed by atoms with van der Waals surface area (Å²) in [7, 11) is 0. The average molecular weight is 216 g/mol. The molecule has 2 rings (SSSR count). The molecule has 0 heterocycles. The van der Waals surface area contributed by atoms with Crippen molar-refractivity contribution in [3.05, 3.63) is 59.7 Å². The lowest BCUT2D eigenvalue weighted by Gasteiger charge is -2.02. The topological polar surface area (TPSA) is 20.2 Å². The van der Waals surface area contributed by atoms with Crippen molar-refractivity contribution in [1.29, 1.82) is 0 Å². The summed E-state index contributed by atoms with van der Waals surface area (Å²) < 4.78 is 0. The highest BCUT2D eigenvalue weighted by molar-refractivity contribution is 5.14. The Hall–Kier alpha value is -1.34. The van der Waals surface area contributed by atoms with E-state index in [-0.39, 0.29) is 6.61 Å². The van der Waals surface area contributed by atoms with Crippen LogP contribution in [0.25, 0.3) is 0 Å². The van der Waals surface area contributed by atoms with Gasteiger partial charge in [0, 0.05) is 0 Å². The molecule has 0 aromatic heterocycles. The first-order valence-electron chi connectivity index (χ1n) is 5.84. The van der Waals surface area contributed by atoms with E-state index in [2.05, 4.69) is 25.2 Å². The molecule has 0 saturated carbocycles. The molecular formula is C15H20O. The summed E-state index contributed by atoms with van der Waals surface area (Å²) in [5.74, 6) is 0. The first kappa shape index (κ1) is 12.7. The Morgan fingerprint density at radius 2 is 1.88 bits per heavy atom. The van der Waals surface area contributed by atoms with Crippen molar-refractivity contribution in [2.75, 3.05) is 0 Å². The summed E-state index contributed by atoms with van der Waals surface area (Å²) in [5, 5.41) is 8.54. The Kier molecular flexibility index (Phi) is 6.28. The van der Waals surface area contributed by atoms with Crippen molar-refractivity contribution in [2.45, 2.75) is 32.8 Å². The van der Waals surface area contributed by atoms with E-state index >= 15 is 0 Å². The first-order valence-corrected chi connectivity index (χ1v) is 5.84. The predicted molar refractivity (Wildman–Crippen MR) is 69.1 cm³/mol. The summed E-state index contributed by atoms with van der Waals surface area (Å²) in [6, 6.07) is 9.52. The van der Waals surface area contributed by atoms with Gasteiger partial charge in [0.05, 0.1) is 6.61 Å². The molecule has 1 aliphatic rings. The molecule has 0 saturated heterocycles. The highest BCUT2D eigenvalue weighted by Gasteiger charge is 1.92. The van der Waals surface area contributed by atoms with Gasteiger partial charge in [-0.25, -0.2) is 0 Å². The SMILES string of the molecule is CCC1=CCC=CC1.OCc1ccccc1. The van der Waals surface area contributed by atoms with E-state index in [0.717, 1.165) is 12.0 Å². The minimum absolute atomic E-state index is 0.140. The second-order valence-corrected chi connectivity index (χ2v) is 3.77. The van der Waals surface area contributed by atoms with Crippen molar-refractivity contribution >= 4 is 0 Å². The smallest absolute Gasteiger partial charge is 0.0681 e. The van der Waals surface area contributed by atoms with E-state index in [0.29, 0.717) is 0 Å². The summed E-state index contributed by atoms with van der Waals surface area (Å²) in [6.07, 6.45) is 10.4. The van der Waals surface area contributed by atoms with Crippen LogP contribution in [0.2, 0.25) is 0 Å². The maximum atomic E-state index is 8.54. The molecule has 1 aromatic rings. The number of hydrogen-bond donors (Lipinski definition) is 1. The predicted octanol–water partition coefficient (Wildman–Crippen LogP) is 3.85. The van der Waals surface area contributed by atoms with Crippen molar-refractivity contribution < 1.29 is 5.11 Å². The molecular weight excluding hydrogens is 196 g/mol. The number of aliphatic hydroxyl groups excluding tert-OH is 1. The van der Waals surface area contributed by atoms with Gasteiger partial charge in [-0.05, 0) is 24.8 Å². The molecule has 0 amide bonds. The van der Waals surface area contributed by atoms with Gasteiger partial charge in [-0.15, -0.1) is 0 Å². The normalized spacial score (nSPS) is 13.8. The molecule has 1 aliphatic carbocycles. The van der Waals surface area contributed by atoms with Gasteiger partial charge in [0.1, 0.15) is 0 Å². The van der Waals surface area contributed by atoms with Crippen LogP contribution in [0.5, 0.6) is 0 Å². The molecule has 0 atom stereocenters. The highest BCUT2D eigenvalue weighted by Crippen LogP contribution is 2.12. The van der Waals surface area contributed by atoms with Crippen molar-refractivity contribution in [3.8, 4) is 0 Å². The Bertz CT molecular complexity index is 336. The minimum atomic E-state index is 0.140. The molecule has 1 N–H and O–H groups in total. The maximum Gasteiger partial charge on any atom is 0.0681 e. The van der Waals surface area contributed by atoms with E-state index in [9.17, 15) is 0 Å². The van der Waals surface area contributed by atoms with E-state index < -0.39 is 0 Å². The van der Waals surface area contributed by atoms with Gasteiger partial charge in [-0.3, -0.25) is 0 Å². The Morgan fingerprint density at radius 3 is 2.25 bits per heavy atom. The molecule has 0 unspecified atom stereocenters. The number of rotatable bonds is 2. The molecule has 86 valence electrons. The molecule has 1 nitrogen and oxygen atoms in total. The van der Waals surface area contributed by atoms with Crippen LogP contribution < -0.4 is 0 Å². The standard InChI is InChI=1S/C8H12.C7H8O/c1-2-8-6-4-3-5-7-8;8-6-7-4-2-1-3-5-7/h3-4,7H,2,5-6H2,1H3;1-5,8H,6H2. The largest absolute Gasteiger partial charge is 0.392 e. The third-order valence-electron chi connectivity index (χ3n) is 2.57. The molecule has 0 fully saturated rings. The van der Waals surface area contributed by atoms with E-state index in [1.807, 2.05) is 30.3 Å². The van der Waals surface area contributed by atoms with Crippen LogP contribution in [0.3, 0.4) is 0 Å². The van der Waals surface area contributed by atoms with Gasteiger partial charge in [0.15, 0.2) is 0 Å². The highest BCUT2D eigenvalue weighted by atomic mass is 16.3. The fraction of sp³-hybridized carbons (Fsp3) is 0.333. The number of hydrogen-bond acceptors (Lipinski definition) is 1. The lowest BCUT2D eigenvalue weighted by molar-refractivity contribution is 0.282. The fourth-order valence-electron chi connectivity index (χ4n) is 1.52. The summed E-state index contributed by atoms with van der Waals surface area (Å²) in [6.45, 7) is 2.35. The molecule has 0 aliphatic heterocycles.